The van der Waals surface area contributed by atoms with Crippen LogP contribution < -0.4 is 10.6 Å². The molecule has 8 heteroatoms. The fourth-order valence-electron chi connectivity index (χ4n) is 1.36. The molecular formula is C12H20N4O3S. The summed E-state index contributed by atoms with van der Waals surface area (Å²) in [6.45, 7) is 4.47. The molecule has 0 aliphatic heterocycles. The van der Waals surface area contributed by atoms with E-state index in [0.717, 1.165) is 13.0 Å². The van der Waals surface area contributed by atoms with Gasteiger partial charge in [0.15, 0.2) is 15.5 Å². The van der Waals surface area contributed by atoms with Gasteiger partial charge in [-0.3, -0.25) is 4.79 Å². The van der Waals surface area contributed by atoms with Crippen molar-refractivity contribution in [2.24, 2.45) is 0 Å². The molecular weight excluding hydrogens is 280 g/mol. The minimum atomic E-state index is -3.08. The number of carbonyl (C=O) groups is 1. The van der Waals surface area contributed by atoms with Gasteiger partial charge < -0.3 is 10.6 Å². The fraction of sp³-hybridized carbons (Fsp3) is 0.583. The van der Waals surface area contributed by atoms with Crippen molar-refractivity contribution in [3.05, 3.63) is 17.8 Å². The van der Waals surface area contributed by atoms with E-state index in [4.69, 9.17) is 0 Å². The van der Waals surface area contributed by atoms with Crippen molar-refractivity contribution in [3.8, 4) is 0 Å². The van der Waals surface area contributed by atoms with Crippen LogP contribution in [0.5, 0.6) is 0 Å². The molecule has 2 N–H and O–H groups in total. The predicted octanol–water partition coefficient (Wildman–Crippen LogP) is 0.463. The number of nitrogens with one attached hydrogen (secondary N) is 2. The Labute approximate surface area is 119 Å². The number of aromatic nitrogens is 2. The summed E-state index contributed by atoms with van der Waals surface area (Å²) in [7, 11) is -3.08. The zero-order chi connectivity index (χ0) is 15.0. The van der Waals surface area contributed by atoms with Gasteiger partial charge in [-0.1, -0.05) is 13.8 Å². The summed E-state index contributed by atoms with van der Waals surface area (Å²) >= 11 is 0. The third-order valence-electron chi connectivity index (χ3n) is 2.59. The lowest BCUT2D eigenvalue weighted by atomic mass is 10.3. The molecule has 0 saturated carbocycles. The van der Waals surface area contributed by atoms with Crippen LogP contribution >= 0.6 is 0 Å². The first-order valence-corrected chi connectivity index (χ1v) is 8.37. The second-order valence-corrected chi connectivity index (χ2v) is 6.70. The molecule has 0 aliphatic rings. The quantitative estimate of drug-likeness (QED) is 0.723. The summed E-state index contributed by atoms with van der Waals surface area (Å²) in [6.07, 6.45) is 0.968. The van der Waals surface area contributed by atoms with Crippen LogP contribution in [0.15, 0.2) is 12.1 Å². The molecule has 1 rings (SSSR count). The van der Waals surface area contributed by atoms with Crippen LogP contribution in [0.25, 0.3) is 0 Å². The molecule has 1 aromatic heterocycles. The van der Waals surface area contributed by atoms with E-state index in [-0.39, 0.29) is 23.7 Å². The lowest BCUT2D eigenvalue weighted by Gasteiger charge is -2.05. The van der Waals surface area contributed by atoms with Gasteiger partial charge in [-0.15, -0.1) is 10.2 Å². The molecule has 0 fully saturated rings. The van der Waals surface area contributed by atoms with E-state index in [1.807, 2.05) is 6.92 Å². The van der Waals surface area contributed by atoms with Gasteiger partial charge >= 0.3 is 0 Å². The Morgan fingerprint density at radius 1 is 1.20 bits per heavy atom. The summed E-state index contributed by atoms with van der Waals surface area (Å²) < 4.78 is 22.5. The van der Waals surface area contributed by atoms with Crippen LogP contribution in [0.2, 0.25) is 0 Å². The number of anilines is 1. The average Bonchev–Trinajstić information content (AvgIpc) is 2.45. The maximum Gasteiger partial charge on any atom is 0.271 e. The molecule has 0 aliphatic carbocycles. The highest BCUT2D eigenvalue weighted by molar-refractivity contribution is 7.91. The van der Waals surface area contributed by atoms with Gasteiger partial charge in [-0.2, -0.15) is 0 Å². The van der Waals surface area contributed by atoms with Crippen molar-refractivity contribution in [1.82, 2.24) is 15.5 Å². The first kappa shape index (κ1) is 16.4. The molecule has 0 atom stereocenters. The zero-order valence-corrected chi connectivity index (χ0v) is 12.5. The molecule has 1 amide bonds. The summed E-state index contributed by atoms with van der Waals surface area (Å²) in [5.74, 6) is 0.182. The second-order valence-electron chi connectivity index (χ2n) is 4.22. The maximum absolute atomic E-state index is 11.7. The molecule has 20 heavy (non-hydrogen) atoms. The molecule has 112 valence electrons. The molecule has 1 aromatic rings. The zero-order valence-electron chi connectivity index (χ0n) is 11.7. The number of nitrogens with zero attached hydrogens (tertiary/aromatic N) is 2. The van der Waals surface area contributed by atoms with Crippen molar-refractivity contribution < 1.29 is 13.2 Å². The minimum absolute atomic E-state index is 0.0699. The SMILES string of the molecule is CCCNc1ccc(C(=O)NCCS(=O)(=O)CC)nn1. The van der Waals surface area contributed by atoms with Crippen LogP contribution in [0.3, 0.4) is 0 Å². The van der Waals surface area contributed by atoms with Gasteiger partial charge in [0.05, 0.1) is 5.75 Å². The summed E-state index contributed by atoms with van der Waals surface area (Å²) in [4.78, 5) is 11.7. The van der Waals surface area contributed by atoms with Crippen molar-refractivity contribution in [1.29, 1.82) is 0 Å². The molecule has 0 radical (unpaired) electrons. The van der Waals surface area contributed by atoms with Crippen molar-refractivity contribution in [2.75, 3.05) is 29.9 Å². The first-order valence-electron chi connectivity index (χ1n) is 6.54. The Morgan fingerprint density at radius 2 is 1.95 bits per heavy atom. The highest BCUT2D eigenvalue weighted by Crippen LogP contribution is 2.02. The topological polar surface area (TPSA) is 101 Å². The van der Waals surface area contributed by atoms with Crippen LogP contribution in [-0.4, -0.2) is 49.1 Å². The number of hydrogen-bond acceptors (Lipinski definition) is 6. The van der Waals surface area contributed by atoms with E-state index in [2.05, 4.69) is 20.8 Å². The normalized spacial score (nSPS) is 11.1. The van der Waals surface area contributed by atoms with Crippen LogP contribution in [0.1, 0.15) is 30.8 Å². The third kappa shape index (κ3) is 5.52. The number of amides is 1. The fourth-order valence-corrected chi connectivity index (χ4v) is 2.06. The number of rotatable bonds is 8. The second kappa shape index (κ2) is 7.78. The van der Waals surface area contributed by atoms with Gasteiger partial charge in [0, 0.05) is 18.8 Å². The predicted molar refractivity (Wildman–Crippen MR) is 77.5 cm³/mol. The molecule has 1 heterocycles. The third-order valence-corrected chi connectivity index (χ3v) is 4.30. The Bertz CT molecular complexity index is 528. The Kier molecular flexibility index (Phi) is 6.37. The van der Waals surface area contributed by atoms with Gasteiger partial charge in [0.25, 0.3) is 5.91 Å². The molecule has 0 saturated heterocycles. The standard InChI is InChI=1S/C12H20N4O3S/c1-3-7-13-11-6-5-10(15-16-11)12(17)14-8-9-20(18,19)4-2/h5-6H,3-4,7-9H2,1-2H3,(H,13,16)(H,14,17). The van der Waals surface area contributed by atoms with E-state index < -0.39 is 15.7 Å². The lowest BCUT2D eigenvalue weighted by Crippen LogP contribution is -2.30. The van der Waals surface area contributed by atoms with E-state index in [1.165, 1.54) is 0 Å². The number of hydrogen-bond donors (Lipinski definition) is 2. The van der Waals surface area contributed by atoms with Gasteiger partial charge in [0.1, 0.15) is 5.82 Å². The highest BCUT2D eigenvalue weighted by Gasteiger charge is 2.11. The summed E-state index contributed by atoms with van der Waals surface area (Å²) in [5.41, 5.74) is 0.168. The lowest BCUT2D eigenvalue weighted by molar-refractivity contribution is 0.0950. The van der Waals surface area contributed by atoms with Crippen molar-refractivity contribution >= 4 is 21.6 Å². The van der Waals surface area contributed by atoms with Gasteiger partial charge in [0.2, 0.25) is 0 Å². The highest BCUT2D eigenvalue weighted by atomic mass is 32.2. The Balaban J connectivity index is 2.47. The Morgan fingerprint density at radius 3 is 2.50 bits per heavy atom. The molecule has 0 spiro atoms. The average molecular weight is 300 g/mol. The minimum Gasteiger partial charge on any atom is -0.369 e. The van der Waals surface area contributed by atoms with Gasteiger partial charge in [-0.05, 0) is 18.6 Å². The van der Waals surface area contributed by atoms with E-state index >= 15 is 0 Å². The maximum atomic E-state index is 11.7. The summed E-state index contributed by atoms with van der Waals surface area (Å²) in [6, 6.07) is 3.22. The van der Waals surface area contributed by atoms with Crippen molar-refractivity contribution in [2.45, 2.75) is 20.3 Å². The number of carbonyl (C=O) groups excluding carboxylic acids is 1. The van der Waals surface area contributed by atoms with Crippen LogP contribution in [0, 0.1) is 0 Å². The summed E-state index contributed by atoms with van der Waals surface area (Å²) in [5, 5.41) is 13.2. The van der Waals surface area contributed by atoms with E-state index in [9.17, 15) is 13.2 Å². The van der Waals surface area contributed by atoms with Gasteiger partial charge in [-0.25, -0.2) is 8.42 Å². The largest absolute Gasteiger partial charge is 0.369 e. The van der Waals surface area contributed by atoms with E-state index in [1.54, 1.807) is 19.1 Å². The van der Waals surface area contributed by atoms with Crippen molar-refractivity contribution in [3.63, 3.8) is 0 Å². The smallest absolute Gasteiger partial charge is 0.271 e. The number of sulfone groups is 1. The first-order chi connectivity index (χ1) is 9.48. The van der Waals surface area contributed by atoms with Crippen LogP contribution in [0.4, 0.5) is 5.82 Å². The Hall–Kier alpha value is -1.70. The monoisotopic (exact) mass is 300 g/mol. The molecule has 0 bridgehead atoms. The molecule has 7 nitrogen and oxygen atoms in total. The van der Waals surface area contributed by atoms with Crippen LogP contribution in [-0.2, 0) is 9.84 Å². The van der Waals surface area contributed by atoms with E-state index in [0.29, 0.717) is 5.82 Å². The molecule has 0 aromatic carbocycles. The molecule has 0 unspecified atom stereocenters.